The van der Waals surface area contributed by atoms with Crippen LogP contribution in [0.15, 0.2) is 36.5 Å². The lowest BCUT2D eigenvalue weighted by atomic mass is 10.2. The van der Waals surface area contributed by atoms with E-state index < -0.39 is 0 Å². The van der Waals surface area contributed by atoms with Gasteiger partial charge in [-0.3, -0.25) is 0 Å². The summed E-state index contributed by atoms with van der Waals surface area (Å²) in [6.45, 7) is 0. The number of hydrogen-bond donors (Lipinski definition) is 0. The molecule has 1 aliphatic rings. The SMILES string of the molecule is [CH]1/C=C\CC/C=C\C=C\C1. The third-order valence-electron chi connectivity index (χ3n) is 1.43. The topological polar surface area (TPSA) is 0 Å². The summed E-state index contributed by atoms with van der Waals surface area (Å²) in [6.07, 6.45) is 18.5. The fourth-order valence-electron chi connectivity index (χ4n) is 0.874. The van der Waals surface area contributed by atoms with Crippen LogP contribution in [0.3, 0.4) is 0 Å². The molecule has 53 valence electrons. The van der Waals surface area contributed by atoms with Gasteiger partial charge < -0.3 is 0 Å². The standard InChI is InChI=1S/C10H13/c1-2-4-6-8-10-9-7-5-3-1/h1-4,7,9-10H,5-6,8H2/b3-1+,4-2-,10-9-. The third kappa shape index (κ3) is 3.29. The summed E-state index contributed by atoms with van der Waals surface area (Å²) in [7, 11) is 0. The van der Waals surface area contributed by atoms with E-state index in [4.69, 9.17) is 0 Å². The number of allylic oxidation sites excluding steroid dienone is 6. The van der Waals surface area contributed by atoms with Crippen molar-refractivity contribution in [3.05, 3.63) is 42.9 Å². The summed E-state index contributed by atoms with van der Waals surface area (Å²) >= 11 is 0. The molecular formula is C10H13. The predicted molar refractivity (Wildman–Crippen MR) is 45.6 cm³/mol. The molecule has 1 radical (unpaired) electrons. The lowest BCUT2D eigenvalue weighted by Gasteiger charge is -1.89. The van der Waals surface area contributed by atoms with Crippen LogP contribution in [-0.4, -0.2) is 0 Å². The van der Waals surface area contributed by atoms with Crippen LogP contribution in [-0.2, 0) is 0 Å². The Labute approximate surface area is 62.9 Å². The molecule has 0 aromatic carbocycles. The van der Waals surface area contributed by atoms with E-state index in [1.165, 1.54) is 6.42 Å². The van der Waals surface area contributed by atoms with E-state index in [0.29, 0.717) is 0 Å². The molecule has 0 heterocycles. The maximum Gasteiger partial charge on any atom is -0.0133 e. The Bertz CT molecular complexity index is 131. The van der Waals surface area contributed by atoms with Gasteiger partial charge in [-0.2, -0.15) is 0 Å². The van der Waals surface area contributed by atoms with Gasteiger partial charge >= 0.3 is 0 Å². The van der Waals surface area contributed by atoms with Gasteiger partial charge in [-0.25, -0.2) is 0 Å². The van der Waals surface area contributed by atoms with Crippen molar-refractivity contribution in [2.45, 2.75) is 19.3 Å². The molecule has 0 unspecified atom stereocenters. The van der Waals surface area contributed by atoms with Crippen LogP contribution in [0.5, 0.6) is 0 Å². The van der Waals surface area contributed by atoms with Crippen molar-refractivity contribution in [1.82, 2.24) is 0 Å². The first-order valence-electron chi connectivity index (χ1n) is 3.80. The lowest BCUT2D eigenvalue weighted by Crippen LogP contribution is -1.70. The van der Waals surface area contributed by atoms with Gasteiger partial charge in [0.25, 0.3) is 0 Å². The largest absolute Gasteiger partial charge is 0.0879 e. The molecule has 0 N–H and O–H groups in total. The zero-order valence-corrected chi connectivity index (χ0v) is 6.16. The number of rotatable bonds is 0. The van der Waals surface area contributed by atoms with Crippen LogP contribution < -0.4 is 0 Å². The van der Waals surface area contributed by atoms with Gasteiger partial charge in [-0.05, 0) is 25.7 Å². The van der Waals surface area contributed by atoms with Crippen molar-refractivity contribution in [2.75, 3.05) is 0 Å². The summed E-state index contributed by atoms with van der Waals surface area (Å²) in [4.78, 5) is 0. The maximum absolute atomic E-state index is 2.21. The lowest BCUT2D eigenvalue weighted by molar-refractivity contribution is 1.04. The second kappa shape index (κ2) is 5.04. The monoisotopic (exact) mass is 133 g/mol. The Balaban J connectivity index is 2.38. The average Bonchev–Trinajstić information content (AvgIpc) is 2.01. The van der Waals surface area contributed by atoms with Gasteiger partial charge in [0.1, 0.15) is 0 Å². The van der Waals surface area contributed by atoms with Crippen molar-refractivity contribution in [3.8, 4) is 0 Å². The van der Waals surface area contributed by atoms with Gasteiger partial charge in [0, 0.05) is 0 Å². The fourth-order valence-corrected chi connectivity index (χ4v) is 0.874. The second-order valence-electron chi connectivity index (χ2n) is 2.33. The third-order valence-corrected chi connectivity index (χ3v) is 1.43. The van der Waals surface area contributed by atoms with Gasteiger partial charge in [-0.1, -0.05) is 36.5 Å². The summed E-state index contributed by atoms with van der Waals surface area (Å²) in [5.41, 5.74) is 0. The molecule has 0 spiro atoms. The van der Waals surface area contributed by atoms with Crippen molar-refractivity contribution in [2.24, 2.45) is 0 Å². The molecule has 10 heavy (non-hydrogen) atoms. The summed E-state index contributed by atoms with van der Waals surface area (Å²) in [5.74, 6) is 0. The predicted octanol–water partition coefficient (Wildman–Crippen LogP) is 3.04. The van der Waals surface area contributed by atoms with E-state index in [-0.39, 0.29) is 0 Å². The van der Waals surface area contributed by atoms with Crippen LogP contribution in [0.2, 0.25) is 0 Å². The minimum absolute atomic E-state index is 1.06. The first-order valence-corrected chi connectivity index (χ1v) is 3.80. The van der Waals surface area contributed by atoms with Gasteiger partial charge in [0.15, 0.2) is 0 Å². The summed E-state index contributed by atoms with van der Waals surface area (Å²) in [5, 5.41) is 0. The zero-order valence-electron chi connectivity index (χ0n) is 6.16. The van der Waals surface area contributed by atoms with Crippen molar-refractivity contribution in [1.29, 1.82) is 0 Å². The van der Waals surface area contributed by atoms with Crippen LogP contribution in [0, 0.1) is 6.42 Å². The Morgan fingerprint density at radius 1 is 0.700 bits per heavy atom. The fraction of sp³-hybridized carbons (Fsp3) is 0.300. The smallest absolute Gasteiger partial charge is 0.0133 e. The van der Waals surface area contributed by atoms with Crippen LogP contribution >= 0.6 is 0 Å². The molecule has 0 aromatic rings. The van der Waals surface area contributed by atoms with Gasteiger partial charge in [-0.15, -0.1) is 0 Å². The van der Waals surface area contributed by atoms with E-state index >= 15 is 0 Å². The van der Waals surface area contributed by atoms with E-state index in [2.05, 4.69) is 42.9 Å². The van der Waals surface area contributed by atoms with Crippen LogP contribution in [0.4, 0.5) is 0 Å². The molecule has 1 rings (SSSR count). The van der Waals surface area contributed by atoms with E-state index in [9.17, 15) is 0 Å². The Kier molecular flexibility index (Phi) is 3.69. The Morgan fingerprint density at radius 2 is 1.40 bits per heavy atom. The minimum atomic E-state index is 1.06. The molecule has 0 fully saturated rings. The molecule has 1 aliphatic carbocycles. The van der Waals surface area contributed by atoms with Crippen molar-refractivity contribution < 1.29 is 0 Å². The summed E-state index contributed by atoms with van der Waals surface area (Å²) in [6, 6.07) is 0. The molecule has 0 nitrogen and oxygen atoms in total. The highest BCUT2D eigenvalue weighted by Gasteiger charge is 1.80. The second-order valence-corrected chi connectivity index (χ2v) is 2.33. The molecule has 0 amide bonds. The highest BCUT2D eigenvalue weighted by atomic mass is 13.9. The van der Waals surface area contributed by atoms with E-state index in [1.807, 2.05) is 0 Å². The van der Waals surface area contributed by atoms with Gasteiger partial charge in [0.2, 0.25) is 0 Å². The quantitative estimate of drug-likeness (QED) is 0.476. The average molecular weight is 133 g/mol. The van der Waals surface area contributed by atoms with Gasteiger partial charge in [0.05, 0.1) is 0 Å². The van der Waals surface area contributed by atoms with Crippen LogP contribution in [0.25, 0.3) is 0 Å². The van der Waals surface area contributed by atoms with Crippen LogP contribution in [0.1, 0.15) is 19.3 Å². The Morgan fingerprint density at radius 3 is 2.30 bits per heavy atom. The highest BCUT2D eigenvalue weighted by molar-refractivity contribution is 5.08. The first-order chi connectivity index (χ1) is 5.00. The molecule has 0 atom stereocenters. The molecule has 0 aliphatic heterocycles. The Hall–Kier alpha value is -0.780. The minimum Gasteiger partial charge on any atom is -0.0879 e. The summed E-state index contributed by atoms with van der Waals surface area (Å²) < 4.78 is 0. The maximum atomic E-state index is 2.21. The van der Waals surface area contributed by atoms with E-state index in [1.54, 1.807) is 0 Å². The van der Waals surface area contributed by atoms with Crippen molar-refractivity contribution >= 4 is 0 Å². The van der Waals surface area contributed by atoms with Crippen molar-refractivity contribution in [3.63, 3.8) is 0 Å². The highest BCUT2D eigenvalue weighted by Crippen LogP contribution is 1.99. The first kappa shape index (κ1) is 7.33. The molecule has 0 heteroatoms. The molecule has 0 saturated carbocycles. The molecule has 0 aromatic heterocycles. The molecule has 0 bridgehead atoms. The number of hydrogen-bond acceptors (Lipinski definition) is 0. The normalized spacial score (nSPS) is 28.8. The molecular weight excluding hydrogens is 120 g/mol. The zero-order chi connectivity index (χ0) is 7.07. The molecule has 0 saturated heterocycles. The van der Waals surface area contributed by atoms with E-state index in [0.717, 1.165) is 12.8 Å².